The van der Waals surface area contributed by atoms with Crippen molar-refractivity contribution in [3.05, 3.63) is 36.3 Å². The zero-order valence-corrected chi connectivity index (χ0v) is 16.1. The lowest BCUT2D eigenvalue weighted by atomic mass is 10.1. The molecule has 5 rings (SSSR count). The van der Waals surface area contributed by atoms with Gasteiger partial charge >= 0.3 is 6.18 Å². The predicted molar refractivity (Wildman–Crippen MR) is 98.8 cm³/mol. The molecule has 1 aliphatic heterocycles. The molecule has 12 heteroatoms. The molecule has 0 amide bonds. The van der Waals surface area contributed by atoms with Gasteiger partial charge in [0, 0.05) is 30.8 Å². The van der Waals surface area contributed by atoms with Crippen LogP contribution in [0, 0.1) is 11.3 Å². The monoisotopic (exact) mass is 440 g/mol. The Kier molecular flexibility index (Phi) is 4.48. The summed E-state index contributed by atoms with van der Waals surface area (Å²) >= 11 is 0. The van der Waals surface area contributed by atoms with Crippen molar-refractivity contribution in [1.29, 1.82) is 0 Å². The summed E-state index contributed by atoms with van der Waals surface area (Å²) in [5.41, 5.74) is -0.283. The summed E-state index contributed by atoms with van der Waals surface area (Å²) in [6.45, 7) is 0.940. The summed E-state index contributed by atoms with van der Waals surface area (Å²) in [7, 11) is 0. The largest absolute Gasteiger partial charge is 0.477 e. The van der Waals surface area contributed by atoms with Crippen molar-refractivity contribution in [2.24, 2.45) is 11.3 Å². The molecule has 2 fully saturated rings. The van der Waals surface area contributed by atoms with Gasteiger partial charge in [-0.15, -0.1) is 0 Å². The molecule has 0 bridgehead atoms. The van der Waals surface area contributed by atoms with Crippen molar-refractivity contribution in [3.8, 4) is 5.88 Å². The number of nitrogens with zero attached hydrogens (tertiary/aromatic N) is 6. The van der Waals surface area contributed by atoms with Gasteiger partial charge in [0.2, 0.25) is 5.88 Å². The second-order valence-electron chi connectivity index (χ2n) is 7.97. The van der Waals surface area contributed by atoms with Crippen LogP contribution < -0.4 is 9.64 Å². The minimum absolute atomic E-state index is 0.0644. The van der Waals surface area contributed by atoms with Crippen LogP contribution in [-0.4, -0.2) is 50.9 Å². The SMILES string of the molecule is FC(F)Cn1ncc2ncc(N3CC4CC4(COc4cc(C(F)(F)F)ccn4)C3)nc21. The average Bonchev–Trinajstić information content (AvgIpc) is 3.06. The fourth-order valence-corrected chi connectivity index (χ4v) is 4.13. The van der Waals surface area contributed by atoms with Crippen molar-refractivity contribution in [2.75, 3.05) is 24.6 Å². The van der Waals surface area contributed by atoms with Crippen LogP contribution in [0.3, 0.4) is 0 Å². The highest BCUT2D eigenvalue weighted by molar-refractivity contribution is 5.71. The normalized spacial score (nSPS) is 22.9. The Morgan fingerprint density at radius 1 is 1.23 bits per heavy atom. The van der Waals surface area contributed by atoms with Crippen LogP contribution >= 0.6 is 0 Å². The molecule has 0 aromatic carbocycles. The quantitative estimate of drug-likeness (QED) is 0.548. The number of fused-ring (bicyclic) bond motifs is 2. The molecular formula is C19H17F5N6O. The smallest absolute Gasteiger partial charge is 0.416 e. The molecule has 2 aliphatic rings. The van der Waals surface area contributed by atoms with Crippen LogP contribution in [0.15, 0.2) is 30.7 Å². The van der Waals surface area contributed by atoms with E-state index in [2.05, 4.69) is 20.1 Å². The van der Waals surface area contributed by atoms with Crippen molar-refractivity contribution in [3.63, 3.8) is 0 Å². The number of aromatic nitrogens is 5. The maximum Gasteiger partial charge on any atom is 0.416 e. The molecule has 1 saturated carbocycles. The molecule has 0 radical (unpaired) electrons. The van der Waals surface area contributed by atoms with Crippen LogP contribution in [0.1, 0.15) is 12.0 Å². The van der Waals surface area contributed by atoms with Gasteiger partial charge < -0.3 is 9.64 Å². The standard InChI is InChI=1S/C19H17F5N6O/c20-14(21)8-30-17-13(5-27-30)26-6-15(28-17)29-7-12-4-18(12,9-29)10-31-16-3-11(1-2-25-16)19(22,23)24/h1-3,5-6,12,14H,4,7-10H2. The molecule has 1 aliphatic carbocycles. The second kappa shape index (κ2) is 6.99. The minimum atomic E-state index is -4.46. The lowest BCUT2D eigenvalue weighted by Gasteiger charge is -2.22. The molecule has 0 spiro atoms. The molecule has 1 saturated heterocycles. The minimum Gasteiger partial charge on any atom is -0.477 e. The highest BCUT2D eigenvalue weighted by Crippen LogP contribution is 2.58. The molecule has 2 atom stereocenters. The van der Waals surface area contributed by atoms with Crippen molar-refractivity contribution < 1.29 is 26.7 Å². The van der Waals surface area contributed by atoms with E-state index in [0.29, 0.717) is 30.3 Å². The third-order valence-electron chi connectivity index (χ3n) is 5.84. The van der Waals surface area contributed by atoms with Gasteiger partial charge in [0.05, 0.1) is 24.6 Å². The zero-order valence-electron chi connectivity index (χ0n) is 16.1. The van der Waals surface area contributed by atoms with Gasteiger partial charge in [-0.05, 0) is 18.4 Å². The lowest BCUT2D eigenvalue weighted by molar-refractivity contribution is -0.137. The van der Waals surface area contributed by atoms with Crippen molar-refractivity contribution in [2.45, 2.75) is 25.6 Å². The first-order valence-electron chi connectivity index (χ1n) is 9.61. The predicted octanol–water partition coefficient (Wildman–Crippen LogP) is 3.41. The Morgan fingerprint density at radius 2 is 2.06 bits per heavy atom. The first-order valence-corrected chi connectivity index (χ1v) is 9.61. The van der Waals surface area contributed by atoms with Crippen molar-refractivity contribution in [1.82, 2.24) is 24.7 Å². The molecule has 7 nitrogen and oxygen atoms in total. The van der Waals surface area contributed by atoms with E-state index in [4.69, 9.17) is 4.74 Å². The molecule has 4 heterocycles. The fraction of sp³-hybridized carbons (Fsp3) is 0.474. The zero-order chi connectivity index (χ0) is 21.8. The molecule has 0 N–H and O–H groups in total. The Hall–Kier alpha value is -3.05. The van der Waals surface area contributed by atoms with E-state index in [1.165, 1.54) is 6.20 Å². The Bertz CT molecular complexity index is 1120. The number of pyridine rings is 1. The summed E-state index contributed by atoms with van der Waals surface area (Å²) in [6.07, 6.45) is -2.08. The van der Waals surface area contributed by atoms with Gasteiger partial charge in [-0.2, -0.15) is 18.3 Å². The summed E-state index contributed by atoms with van der Waals surface area (Å²) in [5, 5.41) is 3.91. The average molecular weight is 440 g/mol. The van der Waals surface area contributed by atoms with E-state index in [1.807, 2.05) is 4.90 Å². The van der Waals surface area contributed by atoms with Crippen LogP contribution in [0.5, 0.6) is 5.88 Å². The molecule has 3 aromatic heterocycles. The Labute approximate surface area is 172 Å². The van der Waals surface area contributed by atoms with Gasteiger partial charge in [-0.3, -0.25) is 0 Å². The molecule has 31 heavy (non-hydrogen) atoms. The van der Waals surface area contributed by atoms with E-state index >= 15 is 0 Å². The van der Waals surface area contributed by atoms with Gasteiger partial charge in [0.25, 0.3) is 6.43 Å². The molecule has 3 aromatic rings. The van der Waals surface area contributed by atoms with Crippen LogP contribution in [-0.2, 0) is 12.7 Å². The highest BCUT2D eigenvalue weighted by atomic mass is 19.4. The molecule has 164 valence electrons. The number of hydrogen-bond donors (Lipinski definition) is 0. The van der Waals surface area contributed by atoms with E-state index in [9.17, 15) is 22.0 Å². The third kappa shape index (κ3) is 3.74. The van der Waals surface area contributed by atoms with Crippen molar-refractivity contribution >= 4 is 17.0 Å². The topological polar surface area (TPSA) is 69.0 Å². The summed E-state index contributed by atoms with van der Waals surface area (Å²) in [6, 6.07) is 1.79. The number of alkyl halides is 5. The van der Waals surface area contributed by atoms with E-state index in [-0.39, 0.29) is 23.5 Å². The molecular weight excluding hydrogens is 423 g/mol. The van der Waals surface area contributed by atoms with E-state index in [1.54, 1.807) is 6.20 Å². The third-order valence-corrected chi connectivity index (χ3v) is 5.84. The Morgan fingerprint density at radius 3 is 2.84 bits per heavy atom. The second-order valence-corrected chi connectivity index (χ2v) is 7.97. The molecule has 2 unspecified atom stereocenters. The van der Waals surface area contributed by atoms with Crippen LogP contribution in [0.4, 0.5) is 27.8 Å². The highest BCUT2D eigenvalue weighted by Gasteiger charge is 2.61. The number of rotatable bonds is 6. The van der Waals surface area contributed by atoms with E-state index in [0.717, 1.165) is 29.4 Å². The number of ether oxygens (including phenoxy) is 1. The lowest BCUT2D eigenvalue weighted by Crippen LogP contribution is -2.28. The maximum absolute atomic E-state index is 12.9. The number of halogens is 5. The number of anilines is 1. The Balaban J connectivity index is 1.28. The van der Waals surface area contributed by atoms with Crippen LogP contribution in [0.25, 0.3) is 11.2 Å². The first-order chi connectivity index (χ1) is 14.7. The summed E-state index contributed by atoms with van der Waals surface area (Å²) < 4.78 is 70.8. The number of hydrogen-bond acceptors (Lipinski definition) is 6. The summed E-state index contributed by atoms with van der Waals surface area (Å²) in [5.74, 6) is 0.791. The van der Waals surface area contributed by atoms with Gasteiger partial charge in [-0.25, -0.2) is 28.4 Å². The van der Waals surface area contributed by atoms with E-state index < -0.39 is 24.7 Å². The van der Waals surface area contributed by atoms with Gasteiger partial charge in [0.1, 0.15) is 17.9 Å². The van der Waals surface area contributed by atoms with Crippen LogP contribution in [0.2, 0.25) is 0 Å². The number of piperidine rings is 1. The summed E-state index contributed by atoms with van der Waals surface area (Å²) in [4.78, 5) is 14.6. The van der Waals surface area contributed by atoms with Gasteiger partial charge in [-0.1, -0.05) is 0 Å². The van der Waals surface area contributed by atoms with Gasteiger partial charge in [0.15, 0.2) is 5.65 Å². The fourth-order valence-electron chi connectivity index (χ4n) is 4.13. The maximum atomic E-state index is 12.9. The first kappa shape index (κ1) is 19.9.